The number of fused-ring (bicyclic) bond motifs is 1. The number of amides is 1. The molecule has 5 heteroatoms. The largest absolute Gasteiger partial charge is 0.368 e. The Morgan fingerprint density at radius 2 is 2.47 bits per heavy atom. The predicted octanol–water partition coefficient (Wildman–Crippen LogP) is 1.67. The summed E-state index contributed by atoms with van der Waals surface area (Å²) in [6.45, 7) is 3.14. The Hall–Kier alpha value is -1.88. The number of aromatic nitrogens is 2. The molecule has 1 atom stereocenters. The van der Waals surface area contributed by atoms with Crippen LogP contribution in [-0.4, -0.2) is 28.6 Å². The summed E-state index contributed by atoms with van der Waals surface area (Å²) in [4.78, 5) is 19.4. The van der Waals surface area contributed by atoms with Crippen molar-refractivity contribution < 1.29 is 9.53 Å². The maximum atomic E-state index is 11.8. The molecule has 0 radical (unpaired) electrons. The van der Waals surface area contributed by atoms with Crippen LogP contribution in [0.2, 0.25) is 0 Å². The van der Waals surface area contributed by atoms with Gasteiger partial charge in [-0.3, -0.25) is 4.79 Å². The summed E-state index contributed by atoms with van der Waals surface area (Å²) in [6.07, 6.45) is 1.53. The fourth-order valence-electron chi connectivity index (χ4n) is 2.38. The maximum Gasteiger partial charge on any atom is 0.249 e. The van der Waals surface area contributed by atoms with E-state index in [1.807, 2.05) is 25.1 Å². The van der Waals surface area contributed by atoms with Crippen molar-refractivity contribution >= 4 is 16.9 Å². The van der Waals surface area contributed by atoms with Gasteiger partial charge in [0.05, 0.1) is 11.0 Å². The first-order valence-corrected chi connectivity index (χ1v) is 6.57. The Bertz CT molecular complexity index is 600. The molecule has 1 aromatic heterocycles. The fraction of sp³-hybridized carbons (Fsp3) is 0.429. The smallest absolute Gasteiger partial charge is 0.249 e. The number of nitrogens with zero attached hydrogens (tertiary/aromatic N) is 1. The molecular weight excluding hydrogens is 242 g/mol. The van der Waals surface area contributed by atoms with Gasteiger partial charge in [0, 0.05) is 13.2 Å². The average molecular weight is 259 g/mol. The van der Waals surface area contributed by atoms with E-state index >= 15 is 0 Å². The Kier molecular flexibility index (Phi) is 3.21. The Labute approximate surface area is 111 Å². The first-order chi connectivity index (χ1) is 9.22. The normalized spacial score (nSPS) is 18.9. The van der Waals surface area contributed by atoms with Gasteiger partial charge >= 0.3 is 0 Å². The number of benzene rings is 1. The topological polar surface area (TPSA) is 67.0 Å². The second-order valence-electron chi connectivity index (χ2n) is 4.89. The molecule has 1 amide bonds. The number of rotatable bonds is 3. The van der Waals surface area contributed by atoms with Crippen LogP contribution in [0.15, 0.2) is 18.2 Å². The minimum Gasteiger partial charge on any atom is -0.368 e. The molecule has 1 aromatic carbocycles. The first-order valence-electron chi connectivity index (χ1n) is 6.57. The molecule has 1 fully saturated rings. The standard InChI is InChI=1S/C14H17N3O2/c1-9-16-11-5-4-10(7-12(11)17-9)8-15-14(18)13-3-2-6-19-13/h4-5,7,13H,2-3,6,8H2,1H3,(H,15,18)(H,16,17). The number of carbonyl (C=O) groups excluding carboxylic acids is 1. The van der Waals surface area contributed by atoms with Gasteiger partial charge < -0.3 is 15.0 Å². The van der Waals surface area contributed by atoms with E-state index in [1.165, 1.54) is 0 Å². The molecule has 1 aliphatic heterocycles. The first kappa shape index (κ1) is 12.2. The van der Waals surface area contributed by atoms with Gasteiger partial charge in [-0.2, -0.15) is 0 Å². The summed E-state index contributed by atoms with van der Waals surface area (Å²) in [5, 5.41) is 2.91. The van der Waals surface area contributed by atoms with Crippen molar-refractivity contribution in [1.29, 1.82) is 0 Å². The summed E-state index contributed by atoms with van der Waals surface area (Å²) in [6, 6.07) is 5.97. The molecule has 2 aromatic rings. The highest BCUT2D eigenvalue weighted by Gasteiger charge is 2.22. The number of ether oxygens (including phenoxy) is 1. The van der Waals surface area contributed by atoms with Crippen LogP contribution < -0.4 is 5.32 Å². The lowest BCUT2D eigenvalue weighted by Crippen LogP contribution is -2.33. The van der Waals surface area contributed by atoms with E-state index < -0.39 is 0 Å². The van der Waals surface area contributed by atoms with Crippen molar-refractivity contribution in [3.05, 3.63) is 29.6 Å². The summed E-state index contributed by atoms with van der Waals surface area (Å²) in [5.74, 6) is 0.883. The molecule has 100 valence electrons. The lowest BCUT2D eigenvalue weighted by molar-refractivity contribution is -0.130. The molecule has 2 N–H and O–H groups in total. The summed E-state index contributed by atoms with van der Waals surface area (Å²) in [5.41, 5.74) is 3.01. The maximum absolute atomic E-state index is 11.8. The SMILES string of the molecule is Cc1nc2ccc(CNC(=O)C3CCCO3)cc2[nH]1. The van der Waals surface area contributed by atoms with E-state index in [2.05, 4.69) is 15.3 Å². The van der Waals surface area contributed by atoms with Crippen LogP contribution in [0.25, 0.3) is 11.0 Å². The van der Waals surface area contributed by atoms with Gasteiger partial charge in [-0.05, 0) is 37.5 Å². The number of aromatic amines is 1. The van der Waals surface area contributed by atoms with Crippen LogP contribution in [0.5, 0.6) is 0 Å². The zero-order chi connectivity index (χ0) is 13.2. The quantitative estimate of drug-likeness (QED) is 0.881. The zero-order valence-electron chi connectivity index (χ0n) is 10.9. The molecule has 5 nitrogen and oxygen atoms in total. The molecule has 19 heavy (non-hydrogen) atoms. The number of nitrogens with one attached hydrogen (secondary N) is 2. The molecule has 0 aliphatic carbocycles. The third-order valence-electron chi connectivity index (χ3n) is 3.35. The van der Waals surface area contributed by atoms with Crippen molar-refractivity contribution in [1.82, 2.24) is 15.3 Å². The molecule has 1 aliphatic rings. The number of carbonyl (C=O) groups is 1. The lowest BCUT2D eigenvalue weighted by atomic mass is 10.2. The molecule has 0 spiro atoms. The second-order valence-corrected chi connectivity index (χ2v) is 4.89. The summed E-state index contributed by atoms with van der Waals surface area (Å²) >= 11 is 0. The number of hydrogen-bond acceptors (Lipinski definition) is 3. The predicted molar refractivity (Wildman–Crippen MR) is 71.7 cm³/mol. The van der Waals surface area contributed by atoms with Crippen LogP contribution in [-0.2, 0) is 16.1 Å². The number of aryl methyl sites for hydroxylation is 1. The third kappa shape index (κ3) is 2.61. The van der Waals surface area contributed by atoms with Crippen LogP contribution >= 0.6 is 0 Å². The molecule has 1 saturated heterocycles. The van der Waals surface area contributed by atoms with Crippen molar-refractivity contribution in [2.45, 2.75) is 32.4 Å². The van der Waals surface area contributed by atoms with Gasteiger partial charge in [0.15, 0.2) is 0 Å². The van der Waals surface area contributed by atoms with Crippen LogP contribution in [0.3, 0.4) is 0 Å². The van der Waals surface area contributed by atoms with Gasteiger partial charge in [0.25, 0.3) is 0 Å². The van der Waals surface area contributed by atoms with E-state index in [4.69, 9.17) is 4.74 Å². The summed E-state index contributed by atoms with van der Waals surface area (Å²) < 4.78 is 5.35. The van der Waals surface area contributed by atoms with Gasteiger partial charge in [-0.1, -0.05) is 6.07 Å². The average Bonchev–Trinajstić information content (AvgIpc) is 3.03. The number of H-pyrrole nitrogens is 1. The van der Waals surface area contributed by atoms with Crippen LogP contribution in [0.1, 0.15) is 24.2 Å². The highest BCUT2D eigenvalue weighted by atomic mass is 16.5. The molecule has 2 heterocycles. The van der Waals surface area contributed by atoms with Crippen molar-refractivity contribution in [3.8, 4) is 0 Å². The Morgan fingerprint density at radius 3 is 3.26 bits per heavy atom. The van der Waals surface area contributed by atoms with Crippen molar-refractivity contribution in [3.63, 3.8) is 0 Å². The Balaban J connectivity index is 1.65. The van der Waals surface area contributed by atoms with Gasteiger partial charge in [-0.25, -0.2) is 4.98 Å². The summed E-state index contributed by atoms with van der Waals surface area (Å²) in [7, 11) is 0. The van der Waals surface area contributed by atoms with Crippen LogP contribution in [0, 0.1) is 6.92 Å². The van der Waals surface area contributed by atoms with E-state index in [1.54, 1.807) is 0 Å². The van der Waals surface area contributed by atoms with E-state index in [9.17, 15) is 4.79 Å². The minimum absolute atomic E-state index is 0.0154. The van der Waals surface area contributed by atoms with Crippen molar-refractivity contribution in [2.75, 3.05) is 6.61 Å². The molecule has 0 bridgehead atoms. The lowest BCUT2D eigenvalue weighted by Gasteiger charge is -2.10. The molecule has 0 saturated carbocycles. The molecular formula is C14H17N3O2. The van der Waals surface area contributed by atoms with Crippen LogP contribution in [0.4, 0.5) is 0 Å². The monoisotopic (exact) mass is 259 g/mol. The number of imidazole rings is 1. The minimum atomic E-state index is -0.266. The highest BCUT2D eigenvalue weighted by molar-refractivity contribution is 5.81. The van der Waals surface area contributed by atoms with E-state index in [0.717, 1.165) is 35.3 Å². The van der Waals surface area contributed by atoms with E-state index in [0.29, 0.717) is 13.2 Å². The molecule has 3 rings (SSSR count). The number of hydrogen-bond donors (Lipinski definition) is 2. The van der Waals surface area contributed by atoms with E-state index in [-0.39, 0.29) is 12.0 Å². The highest BCUT2D eigenvalue weighted by Crippen LogP contribution is 2.14. The van der Waals surface area contributed by atoms with Gasteiger partial charge in [0.1, 0.15) is 11.9 Å². The van der Waals surface area contributed by atoms with Gasteiger partial charge in [-0.15, -0.1) is 0 Å². The van der Waals surface area contributed by atoms with Gasteiger partial charge in [0.2, 0.25) is 5.91 Å². The Morgan fingerprint density at radius 1 is 1.58 bits per heavy atom. The molecule has 1 unspecified atom stereocenters. The third-order valence-corrected chi connectivity index (χ3v) is 3.35. The second kappa shape index (κ2) is 5.01. The zero-order valence-corrected chi connectivity index (χ0v) is 10.9. The van der Waals surface area contributed by atoms with Crippen molar-refractivity contribution in [2.24, 2.45) is 0 Å². The fourth-order valence-corrected chi connectivity index (χ4v) is 2.38.